The fourth-order valence-electron chi connectivity index (χ4n) is 2.08. The lowest BCUT2D eigenvalue weighted by molar-refractivity contribution is 0.124. The third-order valence-electron chi connectivity index (χ3n) is 2.84. The number of likely N-dealkylation sites (tertiary alicyclic amines) is 1. The van der Waals surface area contributed by atoms with Crippen molar-refractivity contribution in [1.82, 2.24) is 15.7 Å². The van der Waals surface area contributed by atoms with Crippen molar-refractivity contribution in [1.29, 1.82) is 0 Å². The minimum Gasteiger partial charge on any atom is -0.411 e. The predicted molar refractivity (Wildman–Crippen MR) is 49.5 cm³/mol. The molecular formula is C8H15N4O2. The van der Waals surface area contributed by atoms with E-state index >= 15 is 0 Å². The van der Waals surface area contributed by atoms with E-state index in [4.69, 9.17) is 10.4 Å². The zero-order valence-corrected chi connectivity index (χ0v) is 7.93. The highest BCUT2D eigenvalue weighted by atomic mass is 16.5. The van der Waals surface area contributed by atoms with Gasteiger partial charge in [-0.2, -0.15) is 0 Å². The topological polar surface area (TPSA) is 82.2 Å². The van der Waals surface area contributed by atoms with Crippen molar-refractivity contribution >= 4 is 5.71 Å². The van der Waals surface area contributed by atoms with E-state index < -0.39 is 0 Å². The molecule has 2 aliphatic heterocycles. The van der Waals surface area contributed by atoms with Crippen LogP contribution in [0.15, 0.2) is 5.16 Å². The predicted octanol–water partition coefficient (Wildman–Crippen LogP) is -0.796. The lowest BCUT2D eigenvalue weighted by atomic mass is 10.2. The Labute approximate surface area is 82.5 Å². The van der Waals surface area contributed by atoms with Crippen LogP contribution in [0.3, 0.4) is 0 Å². The highest BCUT2D eigenvalue weighted by Crippen LogP contribution is 2.17. The molecule has 0 aromatic carbocycles. The van der Waals surface area contributed by atoms with Crippen LogP contribution in [0.1, 0.15) is 12.8 Å². The Balaban J connectivity index is 1.96. The average Bonchev–Trinajstić information content (AvgIpc) is 2.85. The third-order valence-corrected chi connectivity index (χ3v) is 2.84. The van der Waals surface area contributed by atoms with Crippen molar-refractivity contribution in [3.05, 3.63) is 0 Å². The molecule has 6 nitrogen and oxygen atoms in total. The van der Waals surface area contributed by atoms with E-state index in [0.717, 1.165) is 38.2 Å². The summed E-state index contributed by atoms with van der Waals surface area (Å²) in [5.74, 6) is 0. The van der Waals surface area contributed by atoms with Crippen LogP contribution in [0.5, 0.6) is 0 Å². The van der Waals surface area contributed by atoms with Crippen molar-refractivity contribution < 1.29 is 10.4 Å². The molecule has 0 aliphatic carbocycles. The van der Waals surface area contributed by atoms with Crippen LogP contribution in [0.25, 0.3) is 0 Å². The molecule has 6 heteroatoms. The van der Waals surface area contributed by atoms with Crippen LogP contribution >= 0.6 is 0 Å². The Morgan fingerprint density at radius 2 is 2.43 bits per heavy atom. The summed E-state index contributed by atoms with van der Waals surface area (Å²) in [6, 6.07) is 0.116. The maximum atomic E-state index is 8.76. The molecule has 0 amide bonds. The van der Waals surface area contributed by atoms with Gasteiger partial charge in [0.25, 0.3) is 0 Å². The second kappa shape index (κ2) is 4.22. The van der Waals surface area contributed by atoms with E-state index in [1.165, 1.54) is 0 Å². The second-order valence-corrected chi connectivity index (χ2v) is 3.73. The molecule has 2 heterocycles. The van der Waals surface area contributed by atoms with Crippen LogP contribution in [0.2, 0.25) is 0 Å². The smallest absolute Gasteiger partial charge is 0.119 e. The molecule has 0 bridgehead atoms. The monoisotopic (exact) mass is 199 g/mol. The zero-order valence-electron chi connectivity index (χ0n) is 7.93. The summed E-state index contributed by atoms with van der Waals surface area (Å²) in [7, 11) is 0. The summed E-state index contributed by atoms with van der Waals surface area (Å²) in [4.78, 5) is 2.12. The van der Waals surface area contributed by atoms with Gasteiger partial charge in [0.15, 0.2) is 0 Å². The van der Waals surface area contributed by atoms with Gasteiger partial charge in [-0.15, -0.1) is 0 Å². The van der Waals surface area contributed by atoms with Gasteiger partial charge in [0.1, 0.15) is 6.17 Å². The van der Waals surface area contributed by atoms with Gasteiger partial charge in [0.05, 0.1) is 5.71 Å². The summed E-state index contributed by atoms with van der Waals surface area (Å²) in [6.07, 6.45) is 1.58. The normalized spacial score (nSPS) is 37.1. The molecule has 2 fully saturated rings. The highest BCUT2D eigenvalue weighted by molar-refractivity contribution is 5.90. The molecule has 2 aliphatic rings. The Morgan fingerprint density at radius 1 is 1.57 bits per heavy atom. The first-order valence-corrected chi connectivity index (χ1v) is 4.86. The van der Waals surface area contributed by atoms with E-state index in [9.17, 15) is 0 Å². The molecule has 2 saturated heterocycles. The van der Waals surface area contributed by atoms with Crippen LogP contribution in [-0.2, 0) is 0 Å². The molecule has 14 heavy (non-hydrogen) atoms. The van der Waals surface area contributed by atoms with Gasteiger partial charge in [0, 0.05) is 32.1 Å². The second-order valence-electron chi connectivity index (χ2n) is 3.73. The molecule has 1 radical (unpaired) electrons. The minimum atomic E-state index is -0.0710. The first kappa shape index (κ1) is 9.85. The van der Waals surface area contributed by atoms with Gasteiger partial charge < -0.3 is 10.4 Å². The van der Waals surface area contributed by atoms with Crippen molar-refractivity contribution in [2.75, 3.05) is 19.6 Å². The van der Waals surface area contributed by atoms with E-state index in [0.29, 0.717) is 0 Å². The number of rotatable bonds is 2. The largest absolute Gasteiger partial charge is 0.411 e. The molecule has 0 aromatic rings. The van der Waals surface area contributed by atoms with Gasteiger partial charge in [-0.25, -0.2) is 10.8 Å². The van der Waals surface area contributed by atoms with E-state index in [1.807, 2.05) is 0 Å². The molecule has 79 valence electrons. The number of hydrogen-bond acceptors (Lipinski definition) is 5. The Morgan fingerprint density at radius 3 is 3.07 bits per heavy atom. The Kier molecular flexibility index (Phi) is 2.97. The molecule has 2 rings (SSSR count). The molecule has 0 aromatic heterocycles. The lowest BCUT2D eigenvalue weighted by Gasteiger charge is -2.22. The van der Waals surface area contributed by atoms with Gasteiger partial charge >= 0.3 is 0 Å². The summed E-state index contributed by atoms with van der Waals surface area (Å²) in [5, 5.41) is 25.1. The molecule has 2 unspecified atom stereocenters. The zero-order chi connectivity index (χ0) is 9.97. The molecule has 2 atom stereocenters. The average molecular weight is 199 g/mol. The number of nitrogens with one attached hydrogen (secondary N) is 1. The lowest BCUT2D eigenvalue weighted by Crippen LogP contribution is -2.43. The van der Waals surface area contributed by atoms with Crippen molar-refractivity contribution in [3.8, 4) is 0 Å². The highest BCUT2D eigenvalue weighted by Gasteiger charge is 2.34. The minimum absolute atomic E-state index is 0.0710. The molecular weight excluding hydrogens is 184 g/mol. The number of nitrogens with zero attached hydrogens (tertiary/aromatic N) is 3. The first-order chi connectivity index (χ1) is 6.85. The summed E-state index contributed by atoms with van der Waals surface area (Å²) < 4.78 is 0. The van der Waals surface area contributed by atoms with E-state index in [2.05, 4.69) is 20.9 Å². The SMILES string of the molecule is ON=C1CC[N]C1N1CCC(NO)C1. The number of hydrogen-bond donors (Lipinski definition) is 3. The van der Waals surface area contributed by atoms with Crippen molar-refractivity contribution in [2.45, 2.75) is 25.0 Å². The maximum Gasteiger partial charge on any atom is 0.119 e. The standard InChI is InChI=1S/C8H15N4O2/c13-10-6-2-4-12(5-6)8-7(11-14)1-3-9-8/h6,8,10,13-14H,1-5H2. The summed E-state index contributed by atoms with van der Waals surface area (Å²) in [5.41, 5.74) is 3.00. The van der Waals surface area contributed by atoms with Crippen LogP contribution in [0, 0.1) is 0 Å². The Bertz CT molecular complexity index is 233. The quantitative estimate of drug-likeness (QED) is 0.402. The Hall–Kier alpha value is -0.690. The fourth-order valence-corrected chi connectivity index (χ4v) is 2.08. The maximum absolute atomic E-state index is 8.76. The van der Waals surface area contributed by atoms with Gasteiger partial charge in [-0.05, 0) is 6.42 Å². The van der Waals surface area contributed by atoms with Crippen LogP contribution < -0.4 is 10.8 Å². The van der Waals surface area contributed by atoms with Gasteiger partial charge in [-0.1, -0.05) is 5.16 Å². The van der Waals surface area contributed by atoms with Crippen molar-refractivity contribution in [3.63, 3.8) is 0 Å². The van der Waals surface area contributed by atoms with Gasteiger partial charge in [0.2, 0.25) is 0 Å². The summed E-state index contributed by atoms with van der Waals surface area (Å²) in [6.45, 7) is 2.37. The fraction of sp³-hybridized carbons (Fsp3) is 0.875. The van der Waals surface area contributed by atoms with E-state index in [-0.39, 0.29) is 12.2 Å². The van der Waals surface area contributed by atoms with E-state index in [1.54, 1.807) is 0 Å². The molecule has 3 N–H and O–H groups in total. The van der Waals surface area contributed by atoms with Crippen LogP contribution in [0.4, 0.5) is 0 Å². The molecule has 0 spiro atoms. The van der Waals surface area contributed by atoms with Crippen molar-refractivity contribution in [2.24, 2.45) is 5.16 Å². The number of hydroxylamine groups is 1. The molecule has 0 saturated carbocycles. The van der Waals surface area contributed by atoms with Gasteiger partial charge in [-0.3, -0.25) is 4.90 Å². The number of oxime groups is 1. The third kappa shape index (κ3) is 1.74. The summed E-state index contributed by atoms with van der Waals surface area (Å²) >= 11 is 0. The van der Waals surface area contributed by atoms with Crippen LogP contribution in [-0.4, -0.2) is 52.9 Å². The first-order valence-electron chi connectivity index (χ1n) is 4.86.